The molecule has 0 saturated carbocycles. The second kappa shape index (κ2) is 10.4. The number of benzene rings is 2. The lowest BCUT2D eigenvalue weighted by Gasteiger charge is -2.34. The number of carbonyl (C=O) groups is 1. The average molecular weight is 508 g/mol. The molecule has 2 heterocycles. The van der Waals surface area contributed by atoms with Gasteiger partial charge in [0.25, 0.3) is 11.6 Å². The Bertz CT molecular complexity index is 1190. The standard InChI is InChI=1S/C22H20Cl2FN5O4/c23-17-2-1-3-19(25)16(17)13-27-8-10-28(11-9-27)22(31)20-6-7-29(26-20)14-34-21-5-4-15(30(32)33)12-18(21)24/h1-7,12H,8-11,13-14H2. The lowest BCUT2D eigenvalue weighted by Crippen LogP contribution is -2.48. The van der Waals surface area contributed by atoms with Crippen molar-refractivity contribution in [3.05, 3.63) is 85.9 Å². The number of halogens is 3. The summed E-state index contributed by atoms with van der Waals surface area (Å²) in [5.41, 5.74) is 0.584. The first-order chi connectivity index (χ1) is 16.3. The third-order valence-electron chi connectivity index (χ3n) is 5.44. The molecule has 1 aliphatic rings. The van der Waals surface area contributed by atoms with Crippen molar-refractivity contribution in [3.8, 4) is 5.75 Å². The fourth-order valence-corrected chi connectivity index (χ4v) is 4.03. The van der Waals surface area contributed by atoms with Crippen LogP contribution in [0.15, 0.2) is 48.7 Å². The van der Waals surface area contributed by atoms with E-state index in [0.29, 0.717) is 43.3 Å². The van der Waals surface area contributed by atoms with E-state index >= 15 is 0 Å². The Morgan fingerprint density at radius 3 is 2.56 bits per heavy atom. The number of amides is 1. The van der Waals surface area contributed by atoms with Gasteiger partial charge in [-0.15, -0.1) is 0 Å². The fourth-order valence-electron chi connectivity index (χ4n) is 3.58. The van der Waals surface area contributed by atoms with Crippen LogP contribution in [0.25, 0.3) is 0 Å². The van der Waals surface area contributed by atoms with Crippen LogP contribution in [0, 0.1) is 15.9 Å². The number of nitrogens with zero attached hydrogens (tertiary/aromatic N) is 5. The lowest BCUT2D eigenvalue weighted by molar-refractivity contribution is -0.384. The Balaban J connectivity index is 1.30. The number of nitro groups is 1. The second-order valence-electron chi connectivity index (χ2n) is 7.65. The highest BCUT2D eigenvalue weighted by molar-refractivity contribution is 6.32. The van der Waals surface area contributed by atoms with Crippen LogP contribution in [-0.4, -0.2) is 56.6 Å². The zero-order valence-corrected chi connectivity index (χ0v) is 19.4. The Morgan fingerprint density at radius 2 is 1.88 bits per heavy atom. The fraction of sp³-hybridized carbons (Fsp3) is 0.273. The molecule has 1 aromatic heterocycles. The van der Waals surface area contributed by atoms with Gasteiger partial charge in [-0.25, -0.2) is 9.07 Å². The molecule has 12 heteroatoms. The van der Waals surface area contributed by atoms with Gasteiger partial charge in [-0.05, 0) is 24.3 Å². The van der Waals surface area contributed by atoms with Gasteiger partial charge >= 0.3 is 0 Å². The zero-order chi connectivity index (χ0) is 24.2. The van der Waals surface area contributed by atoms with E-state index in [1.54, 1.807) is 29.3 Å². The SMILES string of the molecule is O=C(c1ccn(COc2ccc([N+](=O)[O-])cc2Cl)n1)N1CCN(Cc2c(F)cccc2Cl)CC1. The van der Waals surface area contributed by atoms with Crippen molar-refractivity contribution in [1.29, 1.82) is 0 Å². The largest absolute Gasteiger partial charge is 0.470 e. The molecule has 0 atom stereocenters. The van der Waals surface area contributed by atoms with E-state index in [2.05, 4.69) is 10.00 Å². The molecular formula is C22H20Cl2FN5O4. The van der Waals surface area contributed by atoms with Crippen molar-refractivity contribution in [2.75, 3.05) is 26.2 Å². The Labute approximate surface area is 204 Å². The molecule has 0 N–H and O–H groups in total. The van der Waals surface area contributed by atoms with E-state index in [4.69, 9.17) is 27.9 Å². The van der Waals surface area contributed by atoms with Crippen LogP contribution in [-0.2, 0) is 13.3 Å². The maximum atomic E-state index is 14.0. The molecule has 0 unspecified atom stereocenters. The van der Waals surface area contributed by atoms with Crippen molar-refractivity contribution in [2.24, 2.45) is 0 Å². The minimum atomic E-state index is -0.546. The molecule has 2 aromatic carbocycles. The maximum absolute atomic E-state index is 14.0. The van der Waals surface area contributed by atoms with Crippen LogP contribution in [0.3, 0.4) is 0 Å². The van der Waals surface area contributed by atoms with E-state index in [0.717, 1.165) is 0 Å². The predicted molar refractivity (Wildman–Crippen MR) is 124 cm³/mol. The minimum absolute atomic E-state index is 0.0258. The first-order valence-corrected chi connectivity index (χ1v) is 11.1. The molecule has 1 fully saturated rings. The topological polar surface area (TPSA) is 93.7 Å². The average Bonchev–Trinajstić information content (AvgIpc) is 3.29. The number of nitro benzene ring substituents is 1. The van der Waals surface area contributed by atoms with Gasteiger partial charge in [-0.1, -0.05) is 29.3 Å². The molecule has 0 aliphatic carbocycles. The van der Waals surface area contributed by atoms with E-state index < -0.39 is 4.92 Å². The molecule has 4 rings (SSSR count). The molecule has 3 aromatic rings. The monoisotopic (exact) mass is 507 g/mol. The summed E-state index contributed by atoms with van der Waals surface area (Å²) in [6, 6.07) is 10.1. The van der Waals surface area contributed by atoms with Crippen LogP contribution < -0.4 is 4.74 Å². The molecule has 1 aliphatic heterocycles. The minimum Gasteiger partial charge on any atom is -0.470 e. The summed E-state index contributed by atoms with van der Waals surface area (Å²) in [7, 11) is 0. The highest BCUT2D eigenvalue weighted by Crippen LogP contribution is 2.29. The van der Waals surface area contributed by atoms with Crippen molar-refractivity contribution >= 4 is 34.8 Å². The van der Waals surface area contributed by atoms with Gasteiger partial charge < -0.3 is 9.64 Å². The van der Waals surface area contributed by atoms with Crippen molar-refractivity contribution in [2.45, 2.75) is 13.3 Å². The second-order valence-corrected chi connectivity index (χ2v) is 8.47. The van der Waals surface area contributed by atoms with Gasteiger partial charge in [0.15, 0.2) is 12.4 Å². The van der Waals surface area contributed by atoms with Crippen molar-refractivity contribution < 1.29 is 18.8 Å². The summed E-state index contributed by atoms with van der Waals surface area (Å²) in [5.74, 6) is -0.286. The van der Waals surface area contributed by atoms with Crippen molar-refractivity contribution in [3.63, 3.8) is 0 Å². The third kappa shape index (κ3) is 5.46. The van der Waals surface area contributed by atoms with E-state index in [1.807, 2.05) is 0 Å². The van der Waals surface area contributed by atoms with Crippen LogP contribution in [0.2, 0.25) is 10.0 Å². The van der Waals surface area contributed by atoms with Crippen LogP contribution in [0.4, 0.5) is 10.1 Å². The van der Waals surface area contributed by atoms with E-state index in [1.165, 1.54) is 28.9 Å². The molecular weight excluding hydrogens is 488 g/mol. The number of ether oxygens (including phenoxy) is 1. The van der Waals surface area contributed by atoms with Gasteiger partial charge in [0, 0.05) is 61.6 Å². The predicted octanol–water partition coefficient (Wildman–Crippen LogP) is 4.23. The number of carbonyl (C=O) groups excluding carboxylic acids is 1. The highest BCUT2D eigenvalue weighted by Gasteiger charge is 2.24. The maximum Gasteiger partial charge on any atom is 0.274 e. The molecule has 1 amide bonds. The molecule has 1 saturated heterocycles. The Hall–Kier alpha value is -3.21. The number of aromatic nitrogens is 2. The Morgan fingerprint density at radius 1 is 1.12 bits per heavy atom. The summed E-state index contributed by atoms with van der Waals surface area (Å²) in [6.45, 7) is 2.48. The van der Waals surface area contributed by atoms with Gasteiger partial charge in [-0.2, -0.15) is 5.10 Å². The number of rotatable bonds is 7. The number of hydrogen-bond donors (Lipinski definition) is 0. The summed E-state index contributed by atoms with van der Waals surface area (Å²) >= 11 is 12.1. The summed E-state index contributed by atoms with van der Waals surface area (Å²) in [6.07, 6.45) is 1.60. The normalized spacial score (nSPS) is 14.3. The zero-order valence-electron chi connectivity index (χ0n) is 17.9. The molecule has 9 nitrogen and oxygen atoms in total. The van der Waals surface area contributed by atoms with Crippen LogP contribution >= 0.6 is 23.2 Å². The Kier molecular flexibility index (Phi) is 7.30. The smallest absolute Gasteiger partial charge is 0.274 e. The number of piperazine rings is 1. The summed E-state index contributed by atoms with van der Waals surface area (Å²) in [5, 5.41) is 15.5. The van der Waals surface area contributed by atoms with Crippen molar-refractivity contribution in [1.82, 2.24) is 19.6 Å². The van der Waals surface area contributed by atoms with E-state index in [-0.39, 0.29) is 40.6 Å². The molecule has 34 heavy (non-hydrogen) atoms. The summed E-state index contributed by atoms with van der Waals surface area (Å²) < 4.78 is 21.0. The summed E-state index contributed by atoms with van der Waals surface area (Å²) in [4.78, 5) is 26.8. The van der Waals surface area contributed by atoms with Gasteiger partial charge in [0.2, 0.25) is 0 Å². The first-order valence-electron chi connectivity index (χ1n) is 10.4. The number of hydrogen-bond acceptors (Lipinski definition) is 6. The molecule has 178 valence electrons. The molecule has 0 spiro atoms. The van der Waals surface area contributed by atoms with Gasteiger partial charge in [0.1, 0.15) is 11.6 Å². The van der Waals surface area contributed by atoms with Gasteiger partial charge in [0.05, 0.1) is 9.95 Å². The van der Waals surface area contributed by atoms with E-state index in [9.17, 15) is 19.3 Å². The van der Waals surface area contributed by atoms with Crippen LogP contribution in [0.1, 0.15) is 16.1 Å². The van der Waals surface area contributed by atoms with Gasteiger partial charge in [-0.3, -0.25) is 19.8 Å². The quantitative estimate of drug-likeness (QED) is 0.350. The first kappa shape index (κ1) is 23.9. The lowest BCUT2D eigenvalue weighted by atomic mass is 10.1. The highest BCUT2D eigenvalue weighted by atomic mass is 35.5. The molecule has 0 bridgehead atoms. The van der Waals surface area contributed by atoms with Crippen LogP contribution in [0.5, 0.6) is 5.75 Å². The number of non-ortho nitro benzene ring substituents is 1. The molecule has 0 radical (unpaired) electrons. The third-order valence-corrected chi connectivity index (χ3v) is 6.09.